The van der Waals surface area contributed by atoms with E-state index in [1.807, 2.05) is 11.7 Å². The van der Waals surface area contributed by atoms with Crippen LogP contribution in [-0.2, 0) is 0 Å². The third-order valence-electron chi connectivity index (χ3n) is 3.07. The third-order valence-corrected chi connectivity index (χ3v) is 4.02. The first-order chi connectivity index (χ1) is 6.86. The summed E-state index contributed by atoms with van der Waals surface area (Å²) < 4.78 is 0. The molecule has 1 atom stereocenters. The zero-order chi connectivity index (χ0) is 9.80. The van der Waals surface area contributed by atoms with Gasteiger partial charge in [0.15, 0.2) is 0 Å². The van der Waals surface area contributed by atoms with Crippen LogP contribution in [0.2, 0.25) is 0 Å². The van der Waals surface area contributed by atoms with E-state index in [9.17, 15) is 0 Å². The summed E-state index contributed by atoms with van der Waals surface area (Å²) in [6.07, 6.45) is 7.67. The van der Waals surface area contributed by atoms with E-state index in [0.717, 1.165) is 5.92 Å². The zero-order valence-corrected chi connectivity index (χ0v) is 9.52. The Kier molecular flexibility index (Phi) is 3.54. The SMILES string of the molecule is CC(NCC1CCCC1)c1cncs1. The number of thiazole rings is 1. The maximum atomic E-state index is 4.10. The first kappa shape index (κ1) is 10.1. The summed E-state index contributed by atoms with van der Waals surface area (Å²) in [6.45, 7) is 3.40. The highest BCUT2D eigenvalue weighted by atomic mass is 32.1. The van der Waals surface area contributed by atoms with Gasteiger partial charge in [0.2, 0.25) is 0 Å². The summed E-state index contributed by atoms with van der Waals surface area (Å²) in [6, 6.07) is 0.475. The summed E-state index contributed by atoms with van der Waals surface area (Å²) >= 11 is 1.74. The molecule has 0 spiro atoms. The molecule has 14 heavy (non-hydrogen) atoms. The molecule has 1 fully saturated rings. The Labute approximate surface area is 89.8 Å². The molecule has 2 rings (SSSR count). The molecule has 1 aliphatic rings. The van der Waals surface area contributed by atoms with Crippen LogP contribution >= 0.6 is 11.3 Å². The van der Waals surface area contributed by atoms with Gasteiger partial charge in [0.1, 0.15) is 0 Å². The van der Waals surface area contributed by atoms with Crippen LogP contribution < -0.4 is 5.32 Å². The van der Waals surface area contributed by atoms with Gasteiger partial charge in [0.25, 0.3) is 0 Å². The van der Waals surface area contributed by atoms with Crippen LogP contribution in [0.25, 0.3) is 0 Å². The Hall–Kier alpha value is -0.410. The molecule has 1 aromatic rings. The Morgan fingerprint density at radius 1 is 1.57 bits per heavy atom. The molecule has 0 amide bonds. The van der Waals surface area contributed by atoms with Crippen molar-refractivity contribution in [1.82, 2.24) is 10.3 Å². The standard InChI is InChI=1S/C11H18N2S/c1-9(11-7-12-8-14-11)13-6-10-4-2-3-5-10/h7-10,13H,2-6H2,1H3. The fourth-order valence-electron chi connectivity index (χ4n) is 2.10. The monoisotopic (exact) mass is 210 g/mol. The first-order valence-electron chi connectivity index (χ1n) is 5.48. The van der Waals surface area contributed by atoms with Gasteiger partial charge in [-0.3, -0.25) is 4.98 Å². The van der Waals surface area contributed by atoms with Crippen molar-refractivity contribution in [1.29, 1.82) is 0 Å². The fraction of sp³-hybridized carbons (Fsp3) is 0.727. The van der Waals surface area contributed by atoms with E-state index >= 15 is 0 Å². The maximum Gasteiger partial charge on any atom is 0.0794 e. The Balaban J connectivity index is 1.74. The zero-order valence-electron chi connectivity index (χ0n) is 8.70. The highest BCUT2D eigenvalue weighted by Gasteiger charge is 2.16. The molecule has 1 unspecified atom stereocenters. The predicted molar refractivity (Wildman–Crippen MR) is 60.5 cm³/mol. The summed E-state index contributed by atoms with van der Waals surface area (Å²) in [7, 11) is 0. The average Bonchev–Trinajstić information content (AvgIpc) is 2.87. The predicted octanol–water partition coefficient (Wildman–Crippen LogP) is 2.98. The highest BCUT2D eigenvalue weighted by Crippen LogP contribution is 2.25. The number of hydrogen-bond acceptors (Lipinski definition) is 3. The fourth-order valence-corrected chi connectivity index (χ4v) is 2.75. The van der Waals surface area contributed by atoms with Gasteiger partial charge in [-0.2, -0.15) is 0 Å². The number of rotatable bonds is 4. The lowest BCUT2D eigenvalue weighted by Gasteiger charge is -2.15. The molecule has 78 valence electrons. The number of nitrogens with zero attached hydrogens (tertiary/aromatic N) is 1. The van der Waals surface area contributed by atoms with Gasteiger partial charge in [0, 0.05) is 17.1 Å². The minimum Gasteiger partial charge on any atom is -0.309 e. The van der Waals surface area contributed by atoms with Gasteiger partial charge in [-0.15, -0.1) is 11.3 Å². The summed E-state index contributed by atoms with van der Waals surface area (Å²) in [5.41, 5.74) is 1.91. The second-order valence-electron chi connectivity index (χ2n) is 4.18. The average molecular weight is 210 g/mol. The molecule has 0 aromatic carbocycles. The van der Waals surface area contributed by atoms with E-state index < -0.39 is 0 Å². The molecule has 2 nitrogen and oxygen atoms in total. The minimum absolute atomic E-state index is 0.475. The molecule has 0 radical (unpaired) electrons. The smallest absolute Gasteiger partial charge is 0.0794 e. The van der Waals surface area contributed by atoms with Gasteiger partial charge in [-0.05, 0) is 32.2 Å². The Bertz CT molecular complexity index is 252. The minimum atomic E-state index is 0.475. The number of nitrogens with one attached hydrogen (secondary N) is 1. The van der Waals surface area contributed by atoms with Crippen LogP contribution in [0.1, 0.15) is 43.5 Å². The van der Waals surface area contributed by atoms with Crippen molar-refractivity contribution in [2.24, 2.45) is 5.92 Å². The van der Waals surface area contributed by atoms with Gasteiger partial charge in [-0.25, -0.2) is 0 Å². The van der Waals surface area contributed by atoms with Crippen LogP contribution in [-0.4, -0.2) is 11.5 Å². The van der Waals surface area contributed by atoms with Gasteiger partial charge < -0.3 is 5.32 Å². The lowest BCUT2D eigenvalue weighted by molar-refractivity contribution is 0.455. The van der Waals surface area contributed by atoms with Crippen molar-refractivity contribution in [3.63, 3.8) is 0 Å². The number of hydrogen-bond donors (Lipinski definition) is 1. The van der Waals surface area contributed by atoms with Gasteiger partial charge >= 0.3 is 0 Å². The van der Waals surface area contributed by atoms with Crippen molar-refractivity contribution in [3.05, 3.63) is 16.6 Å². The van der Waals surface area contributed by atoms with Crippen molar-refractivity contribution in [2.75, 3.05) is 6.54 Å². The molecular weight excluding hydrogens is 192 g/mol. The molecule has 1 aromatic heterocycles. The molecule has 1 aliphatic carbocycles. The molecule has 1 N–H and O–H groups in total. The van der Waals surface area contributed by atoms with Gasteiger partial charge in [0.05, 0.1) is 5.51 Å². The molecule has 1 saturated carbocycles. The number of aromatic nitrogens is 1. The Morgan fingerprint density at radius 2 is 2.36 bits per heavy atom. The van der Waals surface area contributed by atoms with Gasteiger partial charge in [-0.1, -0.05) is 12.8 Å². The summed E-state index contributed by atoms with van der Waals surface area (Å²) in [5, 5.41) is 3.60. The van der Waals surface area contributed by atoms with Crippen LogP contribution in [0, 0.1) is 5.92 Å². The van der Waals surface area contributed by atoms with Crippen LogP contribution in [0.4, 0.5) is 0 Å². The summed E-state index contributed by atoms with van der Waals surface area (Å²) in [4.78, 5) is 5.45. The molecular formula is C11H18N2S. The van der Waals surface area contributed by atoms with Crippen molar-refractivity contribution < 1.29 is 0 Å². The second-order valence-corrected chi connectivity index (χ2v) is 5.10. The second kappa shape index (κ2) is 4.89. The third kappa shape index (κ3) is 2.55. The normalized spacial score (nSPS) is 20.1. The first-order valence-corrected chi connectivity index (χ1v) is 6.36. The maximum absolute atomic E-state index is 4.10. The Morgan fingerprint density at radius 3 is 3.00 bits per heavy atom. The molecule has 1 heterocycles. The summed E-state index contributed by atoms with van der Waals surface area (Å²) in [5.74, 6) is 0.922. The van der Waals surface area contributed by atoms with E-state index in [0.29, 0.717) is 6.04 Å². The van der Waals surface area contributed by atoms with E-state index in [-0.39, 0.29) is 0 Å². The lowest BCUT2D eigenvalue weighted by Crippen LogP contribution is -2.23. The molecule has 0 aliphatic heterocycles. The lowest BCUT2D eigenvalue weighted by atomic mass is 10.1. The highest BCUT2D eigenvalue weighted by molar-refractivity contribution is 7.09. The van der Waals surface area contributed by atoms with E-state index in [4.69, 9.17) is 0 Å². The quantitative estimate of drug-likeness (QED) is 0.826. The van der Waals surface area contributed by atoms with Crippen molar-refractivity contribution >= 4 is 11.3 Å². The van der Waals surface area contributed by atoms with Crippen LogP contribution in [0.5, 0.6) is 0 Å². The van der Waals surface area contributed by atoms with Crippen LogP contribution in [0.15, 0.2) is 11.7 Å². The molecule has 3 heteroatoms. The van der Waals surface area contributed by atoms with E-state index in [1.165, 1.54) is 37.1 Å². The largest absolute Gasteiger partial charge is 0.309 e. The molecule has 0 bridgehead atoms. The van der Waals surface area contributed by atoms with E-state index in [1.54, 1.807) is 11.3 Å². The van der Waals surface area contributed by atoms with Crippen molar-refractivity contribution in [3.8, 4) is 0 Å². The topological polar surface area (TPSA) is 24.9 Å². The van der Waals surface area contributed by atoms with Crippen molar-refractivity contribution in [2.45, 2.75) is 38.6 Å². The molecule has 0 saturated heterocycles. The van der Waals surface area contributed by atoms with E-state index in [2.05, 4.69) is 17.2 Å². The van der Waals surface area contributed by atoms with Crippen LogP contribution in [0.3, 0.4) is 0 Å².